The van der Waals surface area contributed by atoms with Gasteiger partial charge in [-0.15, -0.1) is 0 Å². The molecule has 0 aromatic carbocycles. The molecule has 3 atom stereocenters. The van der Waals surface area contributed by atoms with Crippen LogP contribution in [0.25, 0.3) is 0 Å². The maximum absolute atomic E-state index is 11.6. The molecule has 0 unspecified atom stereocenters. The van der Waals surface area contributed by atoms with Crippen LogP contribution in [0.1, 0.15) is 12.6 Å². The first-order valence-electron chi connectivity index (χ1n) is 5.37. The normalized spacial score (nSPS) is 28.5. The standard InChI is InChI=1S/C10H15N3O4/c11-8-1-2-13(10(16)12-8)9-3-6(4-14)7(5-15)17-9/h1-2,6-7,9,14-15H,3-5H2,(H2,11,12,16)/t6-,7-,9-/m1/s1. The summed E-state index contributed by atoms with van der Waals surface area (Å²) in [6, 6.07) is 1.50. The number of nitrogens with two attached hydrogens (primary N) is 1. The van der Waals surface area contributed by atoms with Crippen molar-refractivity contribution in [3.8, 4) is 0 Å². The highest BCUT2D eigenvalue weighted by Gasteiger charge is 2.35. The quantitative estimate of drug-likeness (QED) is 0.607. The van der Waals surface area contributed by atoms with Gasteiger partial charge in [0.05, 0.1) is 12.7 Å². The minimum Gasteiger partial charge on any atom is -0.396 e. The monoisotopic (exact) mass is 241 g/mol. The Morgan fingerprint density at radius 3 is 2.82 bits per heavy atom. The number of ether oxygens (including phenoxy) is 1. The van der Waals surface area contributed by atoms with Crippen LogP contribution in [0.4, 0.5) is 5.82 Å². The average Bonchev–Trinajstić information content (AvgIpc) is 2.72. The second kappa shape index (κ2) is 4.82. The zero-order valence-corrected chi connectivity index (χ0v) is 9.19. The SMILES string of the molecule is Nc1ccn([C@H]2C[C@H](CO)[C@@H](CO)O2)c(=O)n1. The molecule has 2 heterocycles. The molecular formula is C10H15N3O4. The van der Waals surface area contributed by atoms with Crippen LogP contribution in [-0.4, -0.2) is 39.1 Å². The zero-order chi connectivity index (χ0) is 12.4. The van der Waals surface area contributed by atoms with Gasteiger partial charge >= 0.3 is 5.69 Å². The average molecular weight is 241 g/mol. The van der Waals surface area contributed by atoms with Crippen molar-refractivity contribution in [2.45, 2.75) is 18.8 Å². The van der Waals surface area contributed by atoms with Crippen LogP contribution in [0.3, 0.4) is 0 Å². The summed E-state index contributed by atoms with van der Waals surface area (Å²) in [5.74, 6) is -0.0175. The van der Waals surface area contributed by atoms with Crippen molar-refractivity contribution in [2.75, 3.05) is 18.9 Å². The van der Waals surface area contributed by atoms with Crippen molar-refractivity contribution < 1.29 is 14.9 Å². The molecular weight excluding hydrogens is 226 g/mol. The van der Waals surface area contributed by atoms with Gasteiger partial charge in [-0.25, -0.2) is 4.79 Å². The largest absolute Gasteiger partial charge is 0.396 e. The van der Waals surface area contributed by atoms with Gasteiger partial charge in [0.25, 0.3) is 0 Å². The summed E-state index contributed by atoms with van der Waals surface area (Å²) in [5, 5.41) is 18.2. The predicted octanol–water partition coefficient (Wildman–Crippen LogP) is -1.29. The van der Waals surface area contributed by atoms with E-state index in [4.69, 9.17) is 20.7 Å². The second-order valence-electron chi connectivity index (χ2n) is 4.03. The first-order valence-corrected chi connectivity index (χ1v) is 5.37. The lowest BCUT2D eigenvalue weighted by molar-refractivity contribution is -0.0365. The van der Waals surface area contributed by atoms with Crippen LogP contribution in [0.2, 0.25) is 0 Å². The number of aliphatic hydroxyl groups is 2. The van der Waals surface area contributed by atoms with Crippen molar-refractivity contribution in [2.24, 2.45) is 5.92 Å². The number of hydrogen-bond donors (Lipinski definition) is 3. The van der Waals surface area contributed by atoms with Crippen molar-refractivity contribution in [3.05, 3.63) is 22.7 Å². The molecule has 4 N–H and O–H groups in total. The number of aliphatic hydroxyl groups excluding tert-OH is 2. The van der Waals surface area contributed by atoms with Crippen LogP contribution in [-0.2, 0) is 4.74 Å². The fourth-order valence-corrected chi connectivity index (χ4v) is 1.99. The molecule has 1 aliphatic rings. The zero-order valence-electron chi connectivity index (χ0n) is 9.19. The Bertz CT molecular complexity index is 435. The Labute approximate surface area is 97.5 Å². The van der Waals surface area contributed by atoms with Gasteiger partial charge in [0, 0.05) is 25.1 Å². The lowest BCUT2D eigenvalue weighted by atomic mass is 10.0. The highest BCUT2D eigenvalue weighted by Crippen LogP contribution is 2.31. The third-order valence-electron chi connectivity index (χ3n) is 2.94. The van der Waals surface area contributed by atoms with Crippen molar-refractivity contribution in [3.63, 3.8) is 0 Å². The van der Waals surface area contributed by atoms with Gasteiger partial charge in [-0.1, -0.05) is 0 Å². The number of hydrogen-bond acceptors (Lipinski definition) is 6. The van der Waals surface area contributed by atoms with Gasteiger partial charge in [-0.05, 0) is 6.07 Å². The molecule has 2 rings (SSSR count). The number of rotatable bonds is 3. The molecule has 1 aromatic heterocycles. The number of nitrogen functional groups attached to an aromatic ring is 1. The van der Waals surface area contributed by atoms with Crippen molar-refractivity contribution in [1.82, 2.24) is 9.55 Å². The van der Waals surface area contributed by atoms with Crippen LogP contribution < -0.4 is 11.4 Å². The topological polar surface area (TPSA) is 111 Å². The first kappa shape index (κ1) is 12.0. The lowest BCUT2D eigenvalue weighted by Crippen LogP contribution is -2.27. The maximum atomic E-state index is 11.6. The van der Waals surface area contributed by atoms with Gasteiger partial charge in [-0.3, -0.25) is 4.57 Å². The fourth-order valence-electron chi connectivity index (χ4n) is 1.99. The molecule has 94 valence electrons. The highest BCUT2D eigenvalue weighted by atomic mass is 16.5. The predicted molar refractivity (Wildman–Crippen MR) is 59.1 cm³/mol. The molecule has 1 aromatic rings. The van der Waals surface area contributed by atoms with E-state index in [-0.39, 0.29) is 24.9 Å². The molecule has 7 nitrogen and oxygen atoms in total. The second-order valence-corrected chi connectivity index (χ2v) is 4.03. The third kappa shape index (κ3) is 2.31. The fraction of sp³-hybridized carbons (Fsp3) is 0.600. The minimum absolute atomic E-state index is 0.0844. The Morgan fingerprint density at radius 2 is 2.29 bits per heavy atom. The molecule has 17 heavy (non-hydrogen) atoms. The molecule has 0 aliphatic carbocycles. The summed E-state index contributed by atoms with van der Waals surface area (Å²) >= 11 is 0. The lowest BCUT2D eigenvalue weighted by Gasteiger charge is -2.14. The van der Waals surface area contributed by atoms with Gasteiger partial charge in [-0.2, -0.15) is 4.98 Å². The summed E-state index contributed by atoms with van der Waals surface area (Å²) in [6.45, 7) is -0.266. The van der Waals surface area contributed by atoms with E-state index < -0.39 is 18.0 Å². The summed E-state index contributed by atoms with van der Waals surface area (Å²) < 4.78 is 6.81. The van der Waals surface area contributed by atoms with Gasteiger partial charge < -0.3 is 20.7 Å². The molecule has 1 saturated heterocycles. The van der Waals surface area contributed by atoms with Crippen LogP contribution >= 0.6 is 0 Å². The number of aromatic nitrogens is 2. The molecule has 0 bridgehead atoms. The maximum Gasteiger partial charge on any atom is 0.351 e. The molecule has 0 radical (unpaired) electrons. The van der Waals surface area contributed by atoms with E-state index in [2.05, 4.69) is 4.98 Å². The number of nitrogens with zero attached hydrogens (tertiary/aromatic N) is 2. The summed E-state index contributed by atoms with van der Waals surface area (Å²) in [4.78, 5) is 15.2. The summed E-state index contributed by atoms with van der Waals surface area (Å²) in [6.07, 6.45) is 1.01. The van der Waals surface area contributed by atoms with Crippen molar-refractivity contribution in [1.29, 1.82) is 0 Å². The van der Waals surface area contributed by atoms with Crippen molar-refractivity contribution >= 4 is 5.82 Å². The van der Waals surface area contributed by atoms with E-state index in [0.717, 1.165) is 0 Å². The van der Waals surface area contributed by atoms with Gasteiger partial charge in [0.15, 0.2) is 0 Å². The van der Waals surface area contributed by atoms with E-state index in [0.29, 0.717) is 6.42 Å². The van der Waals surface area contributed by atoms with Crippen LogP contribution in [0.15, 0.2) is 17.1 Å². The third-order valence-corrected chi connectivity index (χ3v) is 2.94. The molecule has 0 saturated carbocycles. The Kier molecular flexibility index (Phi) is 3.41. The molecule has 1 aliphatic heterocycles. The highest BCUT2D eigenvalue weighted by molar-refractivity contribution is 5.23. The number of anilines is 1. The van der Waals surface area contributed by atoms with Gasteiger partial charge in [0.2, 0.25) is 0 Å². The van der Waals surface area contributed by atoms with E-state index in [1.54, 1.807) is 0 Å². The smallest absolute Gasteiger partial charge is 0.351 e. The first-order chi connectivity index (χ1) is 8.15. The minimum atomic E-state index is -0.509. The van der Waals surface area contributed by atoms with Crippen LogP contribution in [0.5, 0.6) is 0 Å². The summed E-state index contributed by atoms with van der Waals surface area (Å²) in [5.41, 5.74) is 4.89. The van der Waals surface area contributed by atoms with E-state index in [1.807, 2.05) is 0 Å². The van der Waals surface area contributed by atoms with E-state index in [1.165, 1.54) is 16.8 Å². The van der Waals surface area contributed by atoms with Gasteiger partial charge in [0.1, 0.15) is 12.0 Å². The van der Waals surface area contributed by atoms with E-state index >= 15 is 0 Å². The Hall–Kier alpha value is -1.44. The molecule has 0 amide bonds. The molecule has 0 spiro atoms. The van der Waals surface area contributed by atoms with Crippen LogP contribution in [0, 0.1) is 5.92 Å². The molecule has 7 heteroatoms. The van der Waals surface area contributed by atoms with E-state index in [9.17, 15) is 4.79 Å². The molecule has 1 fully saturated rings. The summed E-state index contributed by atoms with van der Waals surface area (Å²) in [7, 11) is 0. The Morgan fingerprint density at radius 1 is 1.53 bits per heavy atom. The Balaban J connectivity index is 2.22.